The maximum Gasteiger partial charge on any atom is 0.251 e. The van der Waals surface area contributed by atoms with E-state index in [1.807, 2.05) is 32.2 Å². The zero-order valence-corrected chi connectivity index (χ0v) is 13.3. The molecular weight excluding hydrogens is 276 g/mol. The van der Waals surface area contributed by atoms with Gasteiger partial charge in [0.15, 0.2) is 0 Å². The van der Waals surface area contributed by atoms with Gasteiger partial charge in [0.1, 0.15) is 0 Å². The number of carbonyl (C=O) groups is 1. The summed E-state index contributed by atoms with van der Waals surface area (Å²) in [6.45, 7) is 4.32. The molecule has 1 aromatic heterocycles. The summed E-state index contributed by atoms with van der Waals surface area (Å²) >= 11 is 0. The van der Waals surface area contributed by atoms with Crippen LogP contribution in [0.2, 0.25) is 0 Å². The number of aromatic amines is 1. The molecule has 22 heavy (non-hydrogen) atoms. The molecule has 0 atom stereocenters. The van der Waals surface area contributed by atoms with Crippen molar-refractivity contribution in [3.05, 3.63) is 35.0 Å². The van der Waals surface area contributed by atoms with Crippen LogP contribution in [0.5, 0.6) is 0 Å². The monoisotopic (exact) mass is 300 g/mol. The normalized spacial score (nSPS) is 17.6. The third-order valence-corrected chi connectivity index (χ3v) is 4.92. The van der Waals surface area contributed by atoms with Crippen molar-refractivity contribution in [2.45, 2.75) is 51.6 Å². The summed E-state index contributed by atoms with van der Waals surface area (Å²) in [5.74, 6) is -0.0947. The van der Waals surface area contributed by atoms with Crippen molar-refractivity contribution in [3.63, 3.8) is 0 Å². The van der Waals surface area contributed by atoms with Gasteiger partial charge in [-0.2, -0.15) is 0 Å². The Morgan fingerprint density at radius 1 is 1.32 bits per heavy atom. The van der Waals surface area contributed by atoms with Crippen molar-refractivity contribution in [3.8, 4) is 0 Å². The molecule has 0 radical (unpaired) electrons. The largest absolute Gasteiger partial charge is 0.388 e. The van der Waals surface area contributed by atoms with Crippen LogP contribution >= 0.6 is 0 Å². The Balaban J connectivity index is 1.79. The Bertz CT molecular complexity index is 696. The highest BCUT2D eigenvalue weighted by atomic mass is 16.3. The fraction of sp³-hybridized carbons (Fsp3) is 0.500. The number of hydrogen-bond acceptors (Lipinski definition) is 2. The summed E-state index contributed by atoms with van der Waals surface area (Å²) in [7, 11) is 0. The second-order valence-corrected chi connectivity index (χ2v) is 6.60. The highest BCUT2D eigenvalue weighted by molar-refractivity contribution is 6.01. The number of benzene rings is 1. The predicted molar refractivity (Wildman–Crippen MR) is 88.1 cm³/mol. The van der Waals surface area contributed by atoms with Gasteiger partial charge < -0.3 is 15.4 Å². The van der Waals surface area contributed by atoms with Crippen molar-refractivity contribution in [2.24, 2.45) is 0 Å². The number of aliphatic hydroxyl groups is 1. The fourth-order valence-electron chi connectivity index (χ4n) is 3.51. The molecule has 4 nitrogen and oxygen atoms in total. The van der Waals surface area contributed by atoms with E-state index in [0.717, 1.165) is 47.7 Å². The molecule has 1 heterocycles. The number of aryl methyl sites for hydroxylation is 2. The van der Waals surface area contributed by atoms with Crippen LogP contribution in [0.15, 0.2) is 18.3 Å². The quantitative estimate of drug-likeness (QED) is 0.815. The molecule has 1 fully saturated rings. The molecule has 3 rings (SSSR count). The van der Waals surface area contributed by atoms with E-state index in [1.165, 1.54) is 6.42 Å². The fourth-order valence-corrected chi connectivity index (χ4v) is 3.51. The summed E-state index contributed by atoms with van der Waals surface area (Å²) < 4.78 is 0. The van der Waals surface area contributed by atoms with E-state index in [-0.39, 0.29) is 5.91 Å². The lowest BCUT2D eigenvalue weighted by Crippen LogP contribution is -2.44. The summed E-state index contributed by atoms with van der Waals surface area (Å²) in [4.78, 5) is 15.7. The Labute approximate surface area is 130 Å². The lowest BCUT2D eigenvalue weighted by molar-refractivity contribution is 0.00525. The summed E-state index contributed by atoms with van der Waals surface area (Å²) in [6, 6.07) is 3.93. The van der Waals surface area contributed by atoms with Crippen molar-refractivity contribution in [1.82, 2.24) is 10.3 Å². The van der Waals surface area contributed by atoms with Crippen LogP contribution in [-0.4, -0.2) is 28.1 Å². The first-order valence-corrected chi connectivity index (χ1v) is 8.08. The summed E-state index contributed by atoms with van der Waals surface area (Å²) in [5, 5.41) is 14.5. The van der Waals surface area contributed by atoms with E-state index in [1.54, 1.807) is 0 Å². The van der Waals surface area contributed by atoms with Gasteiger partial charge in [0.25, 0.3) is 5.91 Å². The van der Waals surface area contributed by atoms with Gasteiger partial charge >= 0.3 is 0 Å². The van der Waals surface area contributed by atoms with E-state index in [4.69, 9.17) is 0 Å². The number of rotatable bonds is 3. The van der Waals surface area contributed by atoms with Crippen molar-refractivity contribution in [1.29, 1.82) is 0 Å². The van der Waals surface area contributed by atoms with Gasteiger partial charge in [-0.25, -0.2) is 0 Å². The average Bonchev–Trinajstić information content (AvgIpc) is 3.00. The second-order valence-electron chi connectivity index (χ2n) is 6.60. The van der Waals surface area contributed by atoms with Gasteiger partial charge in [-0.1, -0.05) is 19.3 Å². The zero-order valence-electron chi connectivity index (χ0n) is 13.3. The molecule has 0 aliphatic heterocycles. The molecule has 1 amide bonds. The van der Waals surface area contributed by atoms with Crippen LogP contribution in [0.4, 0.5) is 0 Å². The summed E-state index contributed by atoms with van der Waals surface area (Å²) in [6.07, 6.45) is 6.72. The SMILES string of the molecule is Cc1c(C(=O)NCC2(O)CCCCC2)cc(C)c2[nH]ccc12. The van der Waals surface area contributed by atoms with Gasteiger partial charge in [-0.15, -0.1) is 0 Å². The number of carbonyl (C=O) groups excluding carboxylic acids is 1. The topological polar surface area (TPSA) is 65.1 Å². The average molecular weight is 300 g/mol. The van der Waals surface area contributed by atoms with E-state index in [0.29, 0.717) is 12.1 Å². The Hall–Kier alpha value is -1.81. The lowest BCUT2D eigenvalue weighted by atomic mass is 9.85. The first-order valence-electron chi connectivity index (χ1n) is 8.08. The smallest absolute Gasteiger partial charge is 0.251 e. The second kappa shape index (κ2) is 5.76. The molecule has 1 aromatic carbocycles. The van der Waals surface area contributed by atoms with Crippen molar-refractivity contribution < 1.29 is 9.90 Å². The first-order chi connectivity index (χ1) is 10.5. The van der Waals surface area contributed by atoms with Crippen LogP contribution in [0, 0.1) is 13.8 Å². The molecule has 3 N–H and O–H groups in total. The number of hydrogen-bond donors (Lipinski definition) is 3. The molecule has 0 bridgehead atoms. The number of amides is 1. The van der Waals surface area contributed by atoms with Crippen LogP contribution in [0.3, 0.4) is 0 Å². The molecule has 2 aromatic rings. The van der Waals surface area contributed by atoms with Crippen LogP contribution < -0.4 is 5.32 Å². The van der Waals surface area contributed by atoms with Crippen LogP contribution in [0.1, 0.15) is 53.6 Å². The van der Waals surface area contributed by atoms with E-state index < -0.39 is 5.60 Å². The van der Waals surface area contributed by atoms with Gasteiger partial charge in [0.2, 0.25) is 0 Å². The van der Waals surface area contributed by atoms with Crippen LogP contribution in [0.25, 0.3) is 10.9 Å². The van der Waals surface area contributed by atoms with Crippen LogP contribution in [-0.2, 0) is 0 Å². The van der Waals surface area contributed by atoms with Gasteiger partial charge in [0, 0.05) is 29.2 Å². The Morgan fingerprint density at radius 3 is 2.77 bits per heavy atom. The number of nitrogens with one attached hydrogen (secondary N) is 2. The molecular formula is C18H24N2O2. The molecule has 0 unspecified atom stereocenters. The molecule has 0 spiro atoms. The summed E-state index contributed by atoms with van der Waals surface area (Å²) in [5.41, 5.74) is 3.10. The molecule has 118 valence electrons. The minimum atomic E-state index is -0.727. The van der Waals surface area contributed by atoms with E-state index >= 15 is 0 Å². The zero-order chi connectivity index (χ0) is 15.7. The number of H-pyrrole nitrogens is 1. The molecule has 1 saturated carbocycles. The molecule has 4 heteroatoms. The molecule has 1 aliphatic carbocycles. The number of fused-ring (bicyclic) bond motifs is 1. The highest BCUT2D eigenvalue weighted by Gasteiger charge is 2.29. The minimum Gasteiger partial charge on any atom is -0.388 e. The predicted octanol–water partition coefficient (Wildman–Crippen LogP) is 3.21. The van der Waals surface area contributed by atoms with E-state index in [9.17, 15) is 9.90 Å². The minimum absolute atomic E-state index is 0.0947. The third-order valence-electron chi connectivity index (χ3n) is 4.92. The van der Waals surface area contributed by atoms with Gasteiger partial charge in [-0.3, -0.25) is 4.79 Å². The number of aromatic nitrogens is 1. The maximum atomic E-state index is 12.5. The molecule has 0 saturated heterocycles. The lowest BCUT2D eigenvalue weighted by Gasteiger charge is -2.32. The maximum absolute atomic E-state index is 12.5. The first kappa shape index (κ1) is 15.1. The van der Waals surface area contributed by atoms with Gasteiger partial charge in [0.05, 0.1) is 5.60 Å². The third kappa shape index (κ3) is 2.75. The Kier molecular flexibility index (Phi) is 3.96. The Morgan fingerprint density at radius 2 is 2.05 bits per heavy atom. The van der Waals surface area contributed by atoms with Crippen molar-refractivity contribution >= 4 is 16.8 Å². The standard InChI is InChI=1S/C18H24N2O2/c1-12-10-15(13(2)14-6-9-19-16(12)14)17(21)20-11-18(22)7-4-3-5-8-18/h6,9-10,19,22H,3-5,7-8,11H2,1-2H3,(H,20,21). The molecule has 1 aliphatic rings. The van der Waals surface area contributed by atoms with Gasteiger partial charge in [-0.05, 0) is 49.9 Å². The van der Waals surface area contributed by atoms with E-state index in [2.05, 4.69) is 10.3 Å². The van der Waals surface area contributed by atoms with Crippen molar-refractivity contribution in [2.75, 3.05) is 6.54 Å². The highest BCUT2D eigenvalue weighted by Crippen LogP contribution is 2.28.